The van der Waals surface area contributed by atoms with Crippen LogP contribution in [0.4, 0.5) is 23.3 Å². The number of anilines is 4. The largest absolute Gasteiger partial charge is 0.382 e. The molecule has 8 heterocycles. The monoisotopic (exact) mass is 1570 g/mol. The summed E-state index contributed by atoms with van der Waals surface area (Å²) in [6, 6.07) is 30.4. The second kappa shape index (κ2) is 40.9. The van der Waals surface area contributed by atoms with Gasteiger partial charge in [0.15, 0.2) is 23.3 Å². The van der Waals surface area contributed by atoms with E-state index in [9.17, 15) is 19.2 Å². The second-order valence-electron chi connectivity index (χ2n) is 29.1. The van der Waals surface area contributed by atoms with Crippen molar-refractivity contribution in [2.45, 2.75) is 161 Å². The van der Waals surface area contributed by atoms with Crippen LogP contribution in [-0.4, -0.2) is 158 Å². The number of benzene rings is 4. The standard InChI is InChI=1S/C21H30N6O2.C21H29N5O2.C20H28N6O2S.C20H27N5O2/c1-4-29-12-17-26-18-19(14-7-5-6-8-16(14)25-20(18)23)27(17)10-9-24-21(28)15(22)11-13(2)3;1-5-28-12-17-25-18-19(15-8-6-7-9-16(15)24-20(18)22)26(17)11-10-23-21(27)14(4)13(2)3;1-3-28-12-16-25-17-18(13-6-4-5-7-15(13)24-19(17)22)26(16)10-9-23-20(27)14(21)8-11-29-2;1-5-27-12-15-24-16-17(13-8-6-7-9-14(13)23-18(16)21)25(15)11-10-22-19(26)20(2,3)4/h5-8,13,15H,4,9-12,22H2,1-3H3,(H2,23,25)(H,24,28);6-9,13-14H,5,10-12H2,1-4H3,(H2,22,24)(H,23,27);4-7,14H,3,8-12,21H2,1-2H3,(H2,22,24)(H,23,27);6-9H,5,10-12H2,1-4H3,(H2,21,23)(H,22,26)/t15-;2*14-;/m000./s1. The zero-order valence-corrected chi connectivity index (χ0v) is 68.4. The van der Waals surface area contributed by atoms with Crippen LogP contribution in [0.1, 0.15) is 119 Å². The first kappa shape index (κ1) is 86.6. The number of nitrogen functional groups attached to an aromatic ring is 4. The number of nitrogens with two attached hydrogens (primary N) is 6. The fourth-order valence-electron chi connectivity index (χ4n) is 12.9. The van der Waals surface area contributed by atoms with Gasteiger partial charge >= 0.3 is 0 Å². The van der Waals surface area contributed by atoms with E-state index in [-0.39, 0.29) is 29.5 Å². The van der Waals surface area contributed by atoms with Gasteiger partial charge in [-0.2, -0.15) is 11.8 Å². The fourth-order valence-corrected chi connectivity index (χ4v) is 13.4. The Morgan fingerprint density at radius 3 is 0.982 bits per heavy atom. The molecule has 0 spiro atoms. The maximum Gasteiger partial charge on any atom is 0.237 e. The summed E-state index contributed by atoms with van der Waals surface area (Å²) >= 11 is 1.68. The zero-order chi connectivity index (χ0) is 81.6. The number of nitrogens with zero attached hydrogens (tertiary/aromatic N) is 12. The minimum Gasteiger partial charge on any atom is -0.382 e. The lowest BCUT2D eigenvalue weighted by Crippen LogP contribution is -2.42. The van der Waals surface area contributed by atoms with Crippen molar-refractivity contribution in [1.29, 1.82) is 0 Å². The van der Waals surface area contributed by atoms with E-state index in [4.69, 9.17) is 58.3 Å². The Morgan fingerprint density at radius 2 is 0.708 bits per heavy atom. The van der Waals surface area contributed by atoms with E-state index in [1.165, 1.54) is 0 Å². The molecule has 0 unspecified atom stereocenters. The highest BCUT2D eigenvalue weighted by molar-refractivity contribution is 7.98. The van der Waals surface area contributed by atoms with Crippen molar-refractivity contribution in [1.82, 2.24) is 79.4 Å². The number of nitrogens with one attached hydrogen (secondary N) is 4. The molecule has 113 heavy (non-hydrogen) atoms. The Balaban J connectivity index is 0.000000173. The number of hydrogen-bond acceptors (Lipinski definition) is 23. The first-order valence-corrected chi connectivity index (χ1v) is 40.2. The Morgan fingerprint density at radius 1 is 0.425 bits per heavy atom. The number of aromatic nitrogens is 12. The maximum atomic E-state index is 12.3. The van der Waals surface area contributed by atoms with E-state index in [1.807, 2.05) is 173 Å². The highest BCUT2D eigenvalue weighted by atomic mass is 32.2. The number of fused-ring (bicyclic) bond motifs is 12. The van der Waals surface area contributed by atoms with Crippen LogP contribution in [0.5, 0.6) is 0 Å². The molecule has 8 aromatic heterocycles. The highest BCUT2D eigenvalue weighted by Crippen LogP contribution is 2.34. The Kier molecular flexibility index (Phi) is 31.3. The molecular formula is C82H114N22O8S. The Labute approximate surface area is 663 Å². The average molecular weight is 1570 g/mol. The maximum absolute atomic E-state index is 12.3. The SMILES string of the molecule is CCOCc1nc2c(N)nc3ccccc3c2n1CCNC(=O)C(C)(C)C.CCOCc1nc2c(N)nc3ccccc3c2n1CCNC(=O)[C@@H](C)C(C)C.CCOCc1nc2c(N)nc3ccccc3c2n1CCNC(=O)[C@@H](N)CC(C)C.CCOCc1nc2c(N)nc3ccccc3c2n1CCNC(=O)[C@@H](N)CCSC. The number of para-hydroxylation sites is 4. The lowest BCUT2D eigenvalue weighted by Gasteiger charge is -2.18. The van der Waals surface area contributed by atoms with Crippen LogP contribution in [-0.2, 0) is 90.7 Å². The molecule has 3 atom stereocenters. The number of pyridine rings is 4. The normalized spacial score (nSPS) is 12.5. The summed E-state index contributed by atoms with van der Waals surface area (Å²) < 4.78 is 30.7. The summed E-state index contributed by atoms with van der Waals surface area (Å²) in [6.07, 6.45) is 3.31. The molecule has 4 amide bonds. The lowest BCUT2D eigenvalue weighted by molar-refractivity contribution is -0.128. The smallest absolute Gasteiger partial charge is 0.237 e. The first-order chi connectivity index (χ1) is 54.2. The van der Waals surface area contributed by atoms with Crippen LogP contribution in [0.15, 0.2) is 97.1 Å². The summed E-state index contributed by atoms with van der Waals surface area (Å²) in [6.45, 7) is 31.6. The number of hydrogen-bond donors (Lipinski definition) is 10. The topological polar surface area (TPSA) is 432 Å². The lowest BCUT2D eigenvalue weighted by atomic mass is 9.96. The molecule has 30 nitrogen and oxygen atoms in total. The fraction of sp³-hybridized carbons (Fsp3) is 0.463. The van der Waals surface area contributed by atoms with Crippen LogP contribution in [0.2, 0.25) is 0 Å². The van der Waals surface area contributed by atoms with E-state index < -0.39 is 17.5 Å². The summed E-state index contributed by atoms with van der Waals surface area (Å²) in [5.74, 6) is 5.97. The Hall–Kier alpha value is -10.4. The van der Waals surface area contributed by atoms with Crippen molar-refractivity contribution in [2.75, 3.05) is 87.5 Å². The number of imidazole rings is 4. The van der Waals surface area contributed by atoms with E-state index in [0.29, 0.717) is 175 Å². The van der Waals surface area contributed by atoms with E-state index in [1.54, 1.807) is 11.8 Å². The van der Waals surface area contributed by atoms with Gasteiger partial charge in [-0.25, -0.2) is 39.9 Å². The second-order valence-corrected chi connectivity index (χ2v) is 30.1. The molecule has 16 N–H and O–H groups in total. The molecule has 31 heteroatoms. The molecule has 606 valence electrons. The van der Waals surface area contributed by atoms with Gasteiger partial charge < -0.3 is 92.9 Å². The minimum atomic E-state index is -0.502. The van der Waals surface area contributed by atoms with Gasteiger partial charge in [-0.1, -0.05) is 128 Å². The number of amides is 4. The van der Waals surface area contributed by atoms with Crippen molar-refractivity contribution in [3.8, 4) is 0 Å². The van der Waals surface area contributed by atoms with E-state index in [0.717, 1.165) is 94.7 Å². The zero-order valence-electron chi connectivity index (χ0n) is 67.6. The van der Waals surface area contributed by atoms with Crippen LogP contribution in [0, 0.1) is 23.2 Å². The van der Waals surface area contributed by atoms with Crippen molar-refractivity contribution in [3.63, 3.8) is 0 Å². The molecule has 12 aromatic rings. The highest BCUT2D eigenvalue weighted by Gasteiger charge is 2.26. The van der Waals surface area contributed by atoms with E-state index in [2.05, 4.69) is 88.3 Å². The van der Waals surface area contributed by atoms with Gasteiger partial charge in [0, 0.05) is 112 Å². The predicted molar refractivity (Wildman–Crippen MR) is 453 cm³/mol. The quantitative estimate of drug-likeness (QED) is 0.0183. The van der Waals surface area contributed by atoms with Gasteiger partial charge in [-0.05, 0) is 88.6 Å². The summed E-state index contributed by atoms with van der Waals surface area (Å²) in [7, 11) is 0. The molecule has 4 aromatic carbocycles. The molecule has 12 rings (SSSR count). The number of rotatable bonds is 33. The Bertz CT molecular complexity index is 5220. The number of carbonyl (C=O) groups excluding carboxylic acids is 4. The summed E-state index contributed by atoms with van der Waals surface area (Å²) in [5, 5.41) is 15.8. The molecule has 0 radical (unpaired) electrons. The molecule has 0 saturated carbocycles. The van der Waals surface area contributed by atoms with Crippen molar-refractivity contribution in [2.24, 2.45) is 34.6 Å². The van der Waals surface area contributed by atoms with Gasteiger partial charge in [0.25, 0.3) is 0 Å². The van der Waals surface area contributed by atoms with Crippen molar-refractivity contribution < 1.29 is 38.1 Å². The van der Waals surface area contributed by atoms with Gasteiger partial charge in [-0.15, -0.1) is 0 Å². The molecule has 0 bridgehead atoms. The third kappa shape index (κ3) is 21.7. The number of carbonyl (C=O) groups is 4. The van der Waals surface area contributed by atoms with Crippen molar-refractivity contribution in [3.05, 3.63) is 120 Å². The molecular weight excluding hydrogens is 1450 g/mol. The van der Waals surface area contributed by atoms with Crippen LogP contribution >= 0.6 is 11.8 Å². The third-order valence-electron chi connectivity index (χ3n) is 19.2. The van der Waals surface area contributed by atoms with Gasteiger partial charge in [-0.3, -0.25) is 19.2 Å². The van der Waals surface area contributed by atoms with Gasteiger partial charge in [0.1, 0.15) is 71.8 Å². The molecule has 0 aliphatic rings. The van der Waals surface area contributed by atoms with Crippen LogP contribution < -0.4 is 55.7 Å². The average Bonchev–Trinajstić information content (AvgIpc) is 1.64. The molecule has 0 fully saturated rings. The predicted octanol–water partition coefficient (Wildman–Crippen LogP) is 10.1. The molecule has 0 saturated heterocycles. The minimum absolute atomic E-state index is 0.0179. The van der Waals surface area contributed by atoms with Crippen molar-refractivity contribution >= 4 is 146 Å². The van der Waals surface area contributed by atoms with Gasteiger partial charge in [0.2, 0.25) is 23.6 Å². The summed E-state index contributed by atoms with van der Waals surface area (Å²) in [5.41, 5.74) is 45.8. The number of thioether (sulfide) groups is 1. The van der Waals surface area contributed by atoms with E-state index >= 15 is 0 Å². The van der Waals surface area contributed by atoms with Crippen LogP contribution in [0.3, 0.4) is 0 Å². The molecule has 0 aliphatic carbocycles. The van der Waals surface area contributed by atoms with Crippen LogP contribution in [0.25, 0.3) is 87.7 Å². The third-order valence-corrected chi connectivity index (χ3v) is 19.8. The summed E-state index contributed by atoms with van der Waals surface area (Å²) in [4.78, 5) is 85.7. The molecule has 0 aliphatic heterocycles. The number of ether oxygens (including phenoxy) is 4. The first-order valence-electron chi connectivity index (χ1n) is 38.8. The van der Waals surface area contributed by atoms with Gasteiger partial charge in [0.05, 0.1) is 56.2 Å².